The molecule has 2 aliphatic rings. The van der Waals surface area contributed by atoms with E-state index >= 15 is 0 Å². The van der Waals surface area contributed by atoms with Crippen LogP contribution in [0.4, 0.5) is 5.69 Å². The maximum atomic E-state index is 13.4. The first-order chi connectivity index (χ1) is 14.1. The molecule has 1 aromatic heterocycles. The minimum absolute atomic E-state index is 0.0487. The molecular formula is C23H21Cl2N3OS. The third kappa shape index (κ3) is 3.43. The number of nitriles is 1. The Balaban J connectivity index is 2.02. The monoisotopic (exact) mass is 457 g/mol. The summed E-state index contributed by atoms with van der Waals surface area (Å²) < 4.78 is 0. The van der Waals surface area contributed by atoms with E-state index < -0.39 is 5.92 Å². The lowest BCUT2D eigenvalue weighted by Gasteiger charge is -2.43. The number of ketones is 1. The van der Waals surface area contributed by atoms with Crippen LogP contribution in [-0.2, 0) is 4.79 Å². The van der Waals surface area contributed by atoms with Crippen molar-refractivity contribution in [1.82, 2.24) is 0 Å². The summed E-state index contributed by atoms with van der Waals surface area (Å²) in [6, 6.07) is 11.4. The minimum atomic E-state index is -0.449. The average Bonchev–Trinajstić information content (AvgIpc) is 3.07. The summed E-state index contributed by atoms with van der Waals surface area (Å²) in [7, 11) is 0. The third-order valence-corrected chi connectivity index (χ3v) is 7.18. The van der Waals surface area contributed by atoms with Crippen LogP contribution in [0.15, 0.2) is 53.0 Å². The predicted octanol–water partition coefficient (Wildman–Crippen LogP) is 6.30. The van der Waals surface area contributed by atoms with Crippen LogP contribution in [0.2, 0.25) is 10.0 Å². The van der Waals surface area contributed by atoms with E-state index in [1.54, 1.807) is 34.4 Å². The van der Waals surface area contributed by atoms with Gasteiger partial charge in [-0.15, -0.1) is 11.3 Å². The number of nitrogens with two attached hydrogens (primary N) is 1. The fourth-order valence-electron chi connectivity index (χ4n) is 4.34. The van der Waals surface area contributed by atoms with E-state index in [1.807, 2.05) is 19.1 Å². The van der Waals surface area contributed by atoms with Gasteiger partial charge in [-0.1, -0.05) is 37.0 Å². The van der Waals surface area contributed by atoms with Crippen LogP contribution in [0.25, 0.3) is 0 Å². The van der Waals surface area contributed by atoms with E-state index in [9.17, 15) is 10.1 Å². The van der Waals surface area contributed by atoms with E-state index in [4.69, 9.17) is 28.9 Å². The maximum absolute atomic E-state index is 13.4. The van der Waals surface area contributed by atoms with Crippen molar-refractivity contribution < 1.29 is 4.79 Å². The van der Waals surface area contributed by atoms with E-state index in [-0.39, 0.29) is 11.2 Å². The van der Waals surface area contributed by atoms with Crippen molar-refractivity contribution in [2.45, 2.75) is 39.5 Å². The van der Waals surface area contributed by atoms with Crippen LogP contribution in [0.3, 0.4) is 0 Å². The number of anilines is 1. The van der Waals surface area contributed by atoms with Gasteiger partial charge in [0.05, 0.1) is 28.3 Å². The Kier molecular flexibility index (Phi) is 5.22. The zero-order chi connectivity index (χ0) is 21.8. The number of halogens is 2. The van der Waals surface area contributed by atoms with Gasteiger partial charge in [-0.25, -0.2) is 0 Å². The van der Waals surface area contributed by atoms with Gasteiger partial charge in [-0.2, -0.15) is 5.26 Å². The molecule has 0 saturated carbocycles. The number of carbonyl (C=O) groups excluding carboxylic acids is 1. The SMILES string of the molecule is Cc1ccc(C2C(C#N)=C(N)N(c3ccc(Cl)cc3Cl)C3=C2C(=O)CC(C)(C)C3)s1. The lowest BCUT2D eigenvalue weighted by Crippen LogP contribution is -2.42. The van der Waals surface area contributed by atoms with E-state index in [1.165, 1.54) is 0 Å². The van der Waals surface area contributed by atoms with Gasteiger partial charge in [0.25, 0.3) is 0 Å². The van der Waals surface area contributed by atoms with E-state index in [2.05, 4.69) is 19.9 Å². The lowest BCUT2D eigenvalue weighted by atomic mass is 9.69. The van der Waals surface area contributed by atoms with E-state index in [0.29, 0.717) is 45.5 Å². The van der Waals surface area contributed by atoms with Gasteiger partial charge in [0.1, 0.15) is 5.82 Å². The molecule has 4 nitrogen and oxygen atoms in total. The highest BCUT2D eigenvalue weighted by Gasteiger charge is 2.45. The van der Waals surface area contributed by atoms with Gasteiger partial charge < -0.3 is 5.73 Å². The predicted molar refractivity (Wildman–Crippen MR) is 123 cm³/mol. The zero-order valence-corrected chi connectivity index (χ0v) is 19.3. The molecule has 2 N–H and O–H groups in total. The standard InChI is InChI=1S/C23H21Cl2N3OS/c1-12-4-7-19(30-12)20-14(11-26)22(27)28(16-6-5-13(24)8-15(16)25)17-9-23(2,3)10-18(29)21(17)20/h4-8,20H,9-10,27H2,1-3H3. The molecule has 1 atom stereocenters. The molecule has 0 radical (unpaired) electrons. The van der Waals surface area contributed by atoms with Crippen LogP contribution in [0, 0.1) is 23.7 Å². The summed E-state index contributed by atoms with van der Waals surface area (Å²) in [5.74, 6) is -0.0932. The maximum Gasteiger partial charge on any atom is 0.162 e. The highest BCUT2D eigenvalue weighted by Crippen LogP contribution is 2.51. The Morgan fingerprint density at radius 2 is 1.97 bits per heavy atom. The number of carbonyl (C=O) groups is 1. The third-order valence-electron chi connectivity index (χ3n) is 5.58. The molecule has 30 heavy (non-hydrogen) atoms. The Labute approximate surface area is 190 Å². The molecule has 1 aliphatic carbocycles. The molecule has 154 valence electrons. The summed E-state index contributed by atoms with van der Waals surface area (Å²) in [5.41, 5.74) is 8.82. The molecule has 0 saturated heterocycles. The molecular weight excluding hydrogens is 437 g/mol. The van der Waals surface area contributed by atoms with Gasteiger partial charge in [-0.05, 0) is 49.1 Å². The summed E-state index contributed by atoms with van der Waals surface area (Å²) in [6.45, 7) is 6.15. The lowest BCUT2D eigenvalue weighted by molar-refractivity contribution is -0.118. The second-order valence-electron chi connectivity index (χ2n) is 8.52. The fourth-order valence-corrected chi connectivity index (χ4v) is 5.83. The van der Waals surface area contributed by atoms with E-state index in [0.717, 1.165) is 15.5 Å². The average molecular weight is 458 g/mol. The van der Waals surface area contributed by atoms with Crippen LogP contribution < -0.4 is 10.6 Å². The first-order valence-corrected chi connectivity index (χ1v) is 11.2. The zero-order valence-electron chi connectivity index (χ0n) is 16.9. The van der Waals surface area contributed by atoms with Gasteiger partial charge in [0.15, 0.2) is 5.78 Å². The molecule has 1 aromatic carbocycles. The summed E-state index contributed by atoms with van der Waals surface area (Å²) >= 11 is 14.2. The second kappa shape index (κ2) is 7.46. The second-order valence-corrected chi connectivity index (χ2v) is 10.7. The fraction of sp³-hybridized carbons (Fsp3) is 0.304. The van der Waals surface area contributed by atoms with Crippen LogP contribution in [0.1, 0.15) is 42.4 Å². The number of hydrogen-bond acceptors (Lipinski definition) is 5. The molecule has 7 heteroatoms. The van der Waals surface area contributed by atoms with Gasteiger partial charge >= 0.3 is 0 Å². The van der Waals surface area contributed by atoms with Crippen molar-refractivity contribution in [2.24, 2.45) is 11.1 Å². The molecule has 1 unspecified atom stereocenters. The highest BCUT2D eigenvalue weighted by molar-refractivity contribution is 7.12. The molecule has 2 aromatic rings. The minimum Gasteiger partial charge on any atom is -0.384 e. The summed E-state index contributed by atoms with van der Waals surface area (Å²) in [5, 5.41) is 11.0. The largest absolute Gasteiger partial charge is 0.384 e. The molecule has 0 bridgehead atoms. The Hall–Kier alpha value is -2.26. The number of hydrogen-bond donors (Lipinski definition) is 1. The van der Waals surface area contributed by atoms with Crippen molar-refractivity contribution in [1.29, 1.82) is 5.26 Å². The van der Waals surface area contributed by atoms with Crippen molar-refractivity contribution >= 4 is 46.0 Å². The van der Waals surface area contributed by atoms with Gasteiger partial charge in [0.2, 0.25) is 0 Å². The molecule has 0 fully saturated rings. The molecule has 0 amide bonds. The first kappa shape index (κ1) is 21.0. The summed E-state index contributed by atoms with van der Waals surface area (Å²) in [4.78, 5) is 17.3. The number of rotatable bonds is 2. The molecule has 2 heterocycles. The van der Waals surface area contributed by atoms with Crippen LogP contribution in [0.5, 0.6) is 0 Å². The molecule has 0 spiro atoms. The Bertz CT molecular complexity index is 1170. The van der Waals surface area contributed by atoms with Gasteiger partial charge in [0, 0.05) is 32.5 Å². The Morgan fingerprint density at radius 1 is 1.23 bits per heavy atom. The number of thiophene rings is 1. The normalized spacial score (nSPS) is 21.0. The summed E-state index contributed by atoms with van der Waals surface area (Å²) in [6.07, 6.45) is 1.07. The number of nitrogens with zero attached hydrogens (tertiary/aromatic N) is 2. The Morgan fingerprint density at radius 3 is 2.57 bits per heavy atom. The van der Waals surface area contributed by atoms with Crippen molar-refractivity contribution in [3.8, 4) is 6.07 Å². The smallest absolute Gasteiger partial charge is 0.162 e. The molecule has 4 rings (SSSR count). The quantitative estimate of drug-likeness (QED) is 0.573. The number of allylic oxidation sites excluding steroid dienone is 3. The van der Waals surface area contributed by atoms with Gasteiger partial charge in [-0.3, -0.25) is 9.69 Å². The highest BCUT2D eigenvalue weighted by atomic mass is 35.5. The number of aryl methyl sites for hydroxylation is 1. The van der Waals surface area contributed by atoms with Crippen LogP contribution in [-0.4, -0.2) is 5.78 Å². The van der Waals surface area contributed by atoms with Crippen molar-refractivity contribution in [2.75, 3.05) is 4.90 Å². The molecule has 1 aliphatic heterocycles. The van der Waals surface area contributed by atoms with Crippen LogP contribution >= 0.6 is 34.5 Å². The number of benzene rings is 1. The topological polar surface area (TPSA) is 70.1 Å². The number of Topliss-reactive ketones (excluding diaryl/α,β-unsaturated/α-hetero) is 1. The van der Waals surface area contributed by atoms with Crippen molar-refractivity contribution in [3.63, 3.8) is 0 Å². The first-order valence-electron chi connectivity index (χ1n) is 9.60. The van der Waals surface area contributed by atoms with Crippen molar-refractivity contribution in [3.05, 3.63) is 72.8 Å².